The number of amides is 1. The fraction of sp³-hybridized carbons (Fsp3) is 0.333. The Kier molecular flexibility index (Phi) is 6.34. The lowest BCUT2D eigenvalue weighted by atomic mass is 10.0. The van der Waals surface area contributed by atoms with Gasteiger partial charge in [-0.2, -0.15) is 23.5 Å². The SMILES string of the molecule is C=C(CCc1cc(NC(=O)Cc2ccc(-c3nn(C4(C)CC4)c(N)c3C#N)c(F)c2)on1)C(F)(F)F. The highest BCUT2D eigenvalue weighted by molar-refractivity contribution is 5.91. The van der Waals surface area contributed by atoms with Crippen LogP contribution in [0.4, 0.5) is 29.3 Å². The van der Waals surface area contributed by atoms with Crippen molar-refractivity contribution in [1.82, 2.24) is 14.9 Å². The third-order valence-electron chi connectivity index (χ3n) is 6.08. The molecule has 0 atom stereocenters. The molecule has 36 heavy (non-hydrogen) atoms. The van der Waals surface area contributed by atoms with Crippen LogP contribution in [-0.2, 0) is 23.2 Å². The number of halogens is 4. The van der Waals surface area contributed by atoms with Crippen molar-refractivity contribution >= 4 is 17.6 Å². The molecule has 0 saturated heterocycles. The lowest BCUT2D eigenvalue weighted by Gasteiger charge is -2.10. The van der Waals surface area contributed by atoms with E-state index < -0.39 is 23.5 Å². The maximum atomic E-state index is 15.0. The van der Waals surface area contributed by atoms with Gasteiger partial charge in [0.1, 0.15) is 29.0 Å². The molecule has 0 bridgehead atoms. The molecular formula is C24H22F4N6O2. The first kappa shape index (κ1) is 25.0. The summed E-state index contributed by atoms with van der Waals surface area (Å²) in [7, 11) is 0. The van der Waals surface area contributed by atoms with Gasteiger partial charge in [0.15, 0.2) is 0 Å². The molecule has 3 N–H and O–H groups in total. The number of carbonyl (C=O) groups is 1. The van der Waals surface area contributed by atoms with Gasteiger partial charge in [-0.3, -0.25) is 10.1 Å². The second-order valence-electron chi connectivity index (χ2n) is 8.95. The lowest BCUT2D eigenvalue weighted by Crippen LogP contribution is -2.16. The van der Waals surface area contributed by atoms with E-state index in [2.05, 4.69) is 22.2 Å². The van der Waals surface area contributed by atoms with Crippen LogP contribution in [0.5, 0.6) is 0 Å². The third-order valence-corrected chi connectivity index (χ3v) is 6.08. The Morgan fingerprint density at radius 3 is 2.69 bits per heavy atom. The fourth-order valence-electron chi connectivity index (χ4n) is 3.67. The van der Waals surface area contributed by atoms with Crippen LogP contribution in [0.1, 0.15) is 43.0 Å². The smallest absolute Gasteiger partial charge is 0.383 e. The lowest BCUT2D eigenvalue weighted by molar-refractivity contribution is -0.115. The normalized spacial score (nSPS) is 14.3. The molecule has 1 aliphatic carbocycles. The number of benzene rings is 1. The van der Waals surface area contributed by atoms with Gasteiger partial charge in [-0.15, -0.1) is 0 Å². The molecule has 1 fully saturated rings. The number of alkyl halides is 3. The summed E-state index contributed by atoms with van der Waals surface area (Å²) in [4.78, 5) is 12.4. The summed E-state index contributed by atoms with van der Waals surface area (Å²) in [5, 5.41) is 20.0. The number of aromatic nitrogens is 3. The van der Waals surface area contributed by atoms with Crippen LogP contribution >= 0.6 is 0 Å². The van der Waals surface area contributed by atoms with Crippen molar-refractivity contribution < 1.29 is 26.9 Å². The van der Waals surface area contributed by atoms with Gasteiger partial charge in [0.05, 0.1) is 17.7 Å². The average Bonchev–Trinajstić information content (AvgIpc) is 3.23. The van der Waals surface area contributed by atoms with Crippen LogP contribution in [0.25, 0.3) is 11.3 Å². The highest BCUT2D eigenvalue weighted by Gasteiger charge is 2.43. The summed E-state index contributed by atoms with van der Waals surface area (Å²) in [6, 6.07) is 7.43. The molecule has 1 amide bonds. The Morgan fingerprint density at radius 2 is 2.08 bits per heavy atom. The molecule has 1 aromatic carbocycles. The molecule has 0 spiro atoms. The minimum atomic E-state index is -4.48. The number of anilines is 2. The van der Waals surface area contributed by atoms with E-state index in [0.717, 1.165) is 12.8 Å². The van der Waals surface area contributed by atoms with Gasteiger partial charge in [0.2, 0.25) is 11.8 Å². The van der Waals surface area contributed by atoms with Crippen LogP contribution < -0.4 is 11.1 Å². The van der Waals surface area contributed by atoms with E-state index in [1.54, 1.807) is 4.68 Å². The zero-order valence-corrected chi connectivity index (χ0v) is 19.2. The second-order valence-corrected chi connectivity index (χ2v) is 8.95. The van der Waals surface area contributed by atoms with Crippen molar-refractivity contribution in [3.63, 3.8) is 0 Å². The monoisotopic (exact) mass is 502 g/mol. The highest BCUT2D eigenvalue weighted by Crippen LogP contribution is 2.45. The van der Waals surface area contributed by atoms with E-state index in [9.17, 15) is 27.6 Å². The Bertz CT molecular complexity index is 1380. The first-order valence-electron chi connectivity index (χ1n) is 11.0. The summed E-state index contributed by atoms with van der Waals surface area (Å²) in [5.41, 5.74) is 5.79. The van der Waals surface area contributed by atoms with Crippen molar-refractivity contribution in [3.8, 4) is 17.3 Å². The number of nitrogens with two attached hydrogens (primary N) is 1. The van der Waals surface area contributed by atoms with Gasteiger partial charge in [-0.25, -0.2) is 9.07 Å². The minimum Gasteiger partial charge on any atom is -0.383 e. The molecule has 3 aromatic rings. The number of carbonyl (C=O) groups excluding carboxylic acids is 1. The average molecular weight is 502 g/mol. The minimum absolute atomic E-state index is 0.0436. The molecule has 2 aromatic heterocycles. The standard InChI is InChI=1S/C24H22F4N6O2/c1-13(24(26,27)28)3-5-15-11-20(36-33-15)31-19(35)10-14-4-6-16(18(25)9-14)21-17(12-29)22(30)34(32-21)23(2)7-8-23/h4,6,9,11H,1,3,5,7-8,10,30H2,2H3,(H,31,35). The van der Waals surface area contributed by atoms with Crippen LogP contribution in [0, 0.1) is 17.1 Å². The maximum absolute atomic E-state index is 15.0. The molecule has 1 saturated carbocycles. The number of nitrogen functional groups attached to an aromatic ring is 1. The van der Waals surface area contributed by atoms with Crippen LogP contribution in [0.15, 0.2) is 40.9 Å². The topological polar surface area (TPSA) is 123 Å². The molecule has 1 aliphatic rings. The highest BCUT2D eigenvalue weighted by atomic mass is 19.4. The fourth-order valence-corrected chi connectivity index (χ4v) is 3.67. The summed E-state index contributed by atoms with van der Waals surface area (Å²) < 4.78 is 59.1. The van der Waals surface area contributed by atoms with Gasteiger partial charge in [-0.1, -0.05) is 17.8 Å². The number of nitriles is 1. The zero-order chi connectivity index (χ0) is 26.3. The van der Waals surface area contributed by atoms with Gasteiger partial charge in [0.25, 0.3) is 0 Å². The Hall–Kier alpha value is -4.14. The van der Waals surface area contributed by atoms with Crippen LogP contribution in [-0.4, -0.2) is 27.0 Å². The number of nitrogens with zero attached hydrogens (tertiary/aromatic N) is 4. The van der Waals surface area contributed by atoms with Crippen molar-refractivity contribution in [2.45, 2.75) is 50.7 Å². The molecule has 8 nitrogen and oxygen atoms in total. The molecule has 2 heterocycles. The number of aryl methyl sites for hydroxylation is 1. The van der Waals surface area contributed by atoms with Gasteiger partial charge in [0, 0.05) is 17.2 Å². The Balaban J connectivity index is 1.41. The molecule has 0 unspecified atom stereocenters. The van der Waals surface area contributed by atoms with E-state index in [4.69, 9.17) is 10.3 Å². The van der Waals surface area contributed by atoms with Gasteiger partial charge >= 0.3 is 6.18 Å². The molecule has 0 radical (unpaired) electrons. The predicted octanol–water partition coefficient (Wildman–Crippen LogP) is 4.87. The Labute approximate surface area is 203 Å². The van der Waals surface area contributed by atoms with Crippen molar-refractivity contribution in [2.24, 2.45) is 0 Å². The first-order valence-corrected chi connectivity index (χ1v) is 11.0. The Morgan fingerprint density at radius 1 is 1.36 bits per heavy atom. The number of rotatable bonds is 8. The van der Waals surface area contributed by atoms with E-state index in [1.165, 1.54) is 24.3 Å². The quantitative estimate of drug-likeness (QED) is 0.335. The van der Waals surface area contributed by atoms with Gasteiger partial charge < -0.3 is 10.3 Å². The molecule has 12 heteroatoms. The number of hydrogen-bond acceptors (Lipinski definition) is 6. The van der Waals surface area contributed by atoms with Crippen molar-refractivity contribution in [3.05, 3.63) is 59.1 Å². The van der Waals surface area contributed by atoms with Gasteiger partial charge in [-0.05, 0) is 50.3 Å². The number of hydrogen-bond donors (Lipinski definition) is 2. The van der Waals surface area contributed by atoms with E-state index in [1.807, 2.05) is 13.0 Å². The first-order chi connectivity index (χ1) is 16.9. The molecule has 0 aliphatic heterocycles. The van der Waals surface area contributed by atoms with E-state index in [-0.39, 0.29) is 59.0 Å². The largest absolute Gasteiger partial charge is 0.412 e. The maximum Gasteiger partial charge on any atom is 0.412 e. The summed E-state index contributed by atoms with van der Waals surface area (Å²) in [6.07, 6.45) is -3.40. The predicted molar refractivity (Wildman–Crippen MR) is 122 cm³/mol. The van der Waals surface area contributed by atoms with Crippen LogP contribution in [0.2, 0.25) is 0 Å². The van der Waals surface area contributed by atoms with Crippen LogP contribution in [0.3, 0.4) is 0 Å². The summed E-state index contributed by atoms with van der Waals surface area (Å²) >= 11 is 0. The third kappa shape index (κ3) is 5.10. The summed E-state index contributed by atoms with van der Waals surface area (Å²) in [5.74, 6) is -1.07. The molecule has 4 rings (SSSR count). The molecule has 188 valence electrons. The van der Waals surface area contributed by atoms with Crippen molar-refractivity contribution in [2.75, 3.05) is 11.1 Å². The number of allylic oxidation sites excluding steroid dienone is 1. The number of nitrogens with one attached hydrogen (secondary N) is 1. The zero-order valence-electron chi connectivity index (χ0n) is 19.2. The second kappa shape index (κ2) is 9.14. The van der Waals surface area contributed by atoms with E-state index in [0.29, 0.717) is 5.56 Å². The summed E-state index contributed by atoms with van der Waals surface area (Å²) in [6.45, 7) is 4.95. The molecular weight excluding hydrogens is 480 g/mol. The van der Waals surface area contributed by atoms with Crippen molar-refractivity contribution in [1.29, 1.82) is 5.26 Å². The van der Waals surface area contributed by atoms with E-state index >= 15 is 0 Å².